The number of nitrogens with zero attached hydrogens (tertiary/aromatic N) is 1. The molecule has 0 aliphatic carbocycles. The first-order valence-electron chi connectivity index (χ1n) is 4.42. The van der Waals surface area contributed by atoms with Gasteiger partial charge in [-0.25, -0.2) is 4.98 Å². The predicted octanol–water partition coefficient (Wildman–Crippen LogP) is 2.56. The van der Waals surface area contributed by atoms with E-state index in [0.717, 1.165) is 5.82 Å². The Morgan fingerprint density at radius 1 is 1.23 bits per heavy atom. The minimum atomic E-state index is 0.344. The Labute approximate surface area is 77.6 Å². The van der Waals surface area contributed by atoms with E-state index in [2.05, 4.69) is 41.2 Å². The van der Waals surface area contributed by atoms with Crippen LogP contribution in [0.1, 0.15) is 24.2 Å². The molecule has 1 aromatic heterocycles. The third-order valence-corrected chi connectivity index (χ3v) is 2.23. The molecule has 1 aromatic carbocycles. The second-order valence-corrected chi connectivity index (χ2v) is 3.11. The SMILES string of the molecule is C[C@H](c1ccccc1)c1ncc[nH]1. The minimum Gasteiger partial charge on any atom is -0.348 e. The highest BCUT2D eigenvalue weighted by atomic mass is 14.9. The van der Waals surface area contributed by atoms with E-state index < -0.39 is 0 Å². The molecule has 1 N–H and O–H groups in total. The summed E-state index contributed by atoms with van der Waals surface area (Å²) >= 11 is 0. The van der Waals surface area contributed by atoms with Crippen LogP contribution in [0.15, 0.2) is 42.7 Å². The van der Waals surface area contributed by atoms with Crippen LogP contribution in [0.25, 0.3) is 0 Å². The quantitative estimate of drug-likeness (QED) is 0.741. The first kappa shape index (κ1) is 8.05. The molecule has 0 amide bonds. The van der Waals surface area contributed by atoms with Gasteiger partial charge in [-0.15, -0.1) is 0 Å². The highest BCUT2D eigenvalue weighted by Crippen LogP contribution is 2.19. The number of hydrogen-bond acceptors (Lipinski definition) is 1. The van der Waals surface area contributed by atoms with Gasteiger partial charge >= 0.3 is 0 Å². The maximum absolute atomic E-state index is 4.24. The molecule has 2 aromatic rings. The van der Waals surface area contributed by atoms with Gasteiger partial charge in [0.05, 0.1) is 0 Å². The van der Waals surface area contributed by atoms with E-state index in [0.29, 0.717) is 5.92 Å². The molecule has 0 bridgehead atoms. The minimum absolute atomic E-state index is 0.344. The van der Waals surface area contributed by atoms with Crippen molar-refractivity contribution in [1.82, 2.24) is 9.97 Å². The molecular weight excluding hydrogens is 160 g/mol. The number of aromatic amines is 1. The predicted molar refractivity (Wildman–Crippen MR) is 52.5 cm³/mol. The Balaban J connectivity index is 2.29. The zero-order valence-corrected chi connectivity index (χ0v) is 7.57. The van der Waals surface area contributed by atoms with Crippen LogP contribution in [0.2, 0.25) is 0 Å². The van der Waals surface area contributed by atoms with Crippen LogP contribution in [0.5, 0.6) is 0 Å². The van der Waals surface area contributed by atoms with E-state index in [1.807, 2.05) is 12.3 Å². The first-order chi connectivity index (χ1) is 6.38. The van der Waals surface area contributed by atoms with Crippen LogP contribution in [0.3, 0.4) is 0 Å². The van der Waals surface area contributed by atoms with E-state index >= 15 is 0 Å². The summed E-state index contributed by atoms with van der Waals surface area (Å²) in [5.74, 6) is 1.36. The molecule has 1 atom stereocenters. The number of rotatable bonds is 2. The summed E-state index contributed by atoms with van der Waals surface area (Å²) < 4.78 is 0. The lowest BCUT2D eigenvalue weighted by atomic mass is 10.0. The van der Waals surface area contributed by atoms with Crippen LogP contribution < -0.4 is 0 Å². The summed E-state index contributed by atoms with van der Waals surface area (Å²) in [7, 11) is 0. The van der Waals surface area contributed by atoms with Crippen LogP contribution in [0.4, 0.5) is 0 Å². The van der Waals surface area contributed by atoms with Crippen LogP contribution >= 0.6 is 0 Å². The van der Waals surface area contributed by atoms with Crippen molar-refractivity contribution >= 4 is 0 Å². The maximum atomic E-state index is 4.24. The molecule has 0 unspecified atom stereocenters. The van der Waals surface area contributed by atoms with Gasteiger partial charge in [-0.05, 0) is 5.56 Å². The Bertz CT molecular complexity index is 351. The summed E-state index contributed by atoms with van der Waals surface area (Å²) in [4.78, 5) is 7.36. The number of H-pyrrole nitrogens is 1. The summed E-state index contributed by atoms with van der Waals surface area (Å²) in [5.41, 5.74) is 1.29. The highest BCUT2D eigenvalue weighted by Gasteiger charge is 2.08. The van der Waals surface area contributed by atoms with Crippen molar-refractivity contribution < 1.29 is 0 Å². The lowest BCUT2D eigenvalue weighted by molar-refractivity contribution is 0.840. The van der Waals surface area contributed by atoms with Gasteiger partial charge in [-0.2, -0.15) is 0 Å². The molecule has 13 heavy (non-hydrogen) atoms. The molecule has 66 valence electrons. The van der Waals surface area contributed by atoms with Gasteiger partial charge < -0.3 is 4.98 Å². The van der Waals surface area contributed by atoms with Crippen molar-refractivity contribution in [2.24, 2.45) is 0 Å². The first-order valence-corrected chi connectivity index (χ1v) is 4.42. The van der Waals surface area contributed by atoms with Crippen molar-refractivity contribution in [3.63, 3.8) is 0 Å². The Morgan fingerprint density at radius 2 is 2.00 bits per heavy atom. The normalized spacial score (nSPS) is 12.7. The summed E-state index contributed by atoms with van der Waals surface area (Å²) in [6, 6.07) is 10.4. The molecule has 1 heterocycles. The van der Waals surface area contributed by atoms with E-state index in [1.54, 1.807) is 6.20 Å². The van der Waals surface area contributed by atoms with E-state index in [1.165, 1.54) is 5.56 Å². The van der Waals surface area contributed by atoms with Gasteiger partial charge in [-0.3, -0.25) is 0 Å². The molecule has 2 nitrogen and oxygen atoms in total. The molecule has 0 fully saturated rings. The fraction of sp³-hybridized carbons (Fsp3) is 0.182. The van der Waals surface area contributed by atoms with Gasteiger partial charge in [0.1, 0.15) is 5.82 Å². The van der Waals surface area contributed by atoms with E-state index in [9.17, 15) is 0 Å². The lowest BCUT2D eigenvalue weighted by Gasteiger charge is -2.07. The third kappa shape index (κ3) is 1.61. The number of benzene rings is 1. The molecule has 2 rings (SSSR count). The maximum Gasteiger partial charge on any atom is 0.113 e. The molecule has 0 spiro atoms. The third-order valence-electron chi connectivity index (χ3n) is 2.23. The lowest BCUT2D eigenvalue weighted by Crippen LogP contribution is -1.97. The largest absolute Gasteiger partial charge is 0.348 e. The van der Waals surface area contributed by atoms with Crippen LogP contribution in [0, 0.1) is 0 Å². The zero-order chi connectivity index (χ0) is 9.10. The molecule has 0 saturated carbocycles. The molecule has 0 saturated heterocycles. The monoisotopic (exact) mass is 172 g/mol. The molecular formula is C11H12N2. The molecule has 0 aliphatic rings. The second kappa shape index (κ2) is 3.44. The Morgan fingerprint density at radius 3 is 2.62 bits per heavy atom. The van der Waals surface area contributed by atoms with Crippen molar-refractivity contribution in [3.8, 4) is 0 Å². The fourth-order valence-electron chi connectivity index (χ4n) is 1.41. The Kier molecular flexibility index (Phi) is 2.13. The second-order valence-electron chi connectivity index (χ2n) is 3.11. The average molecular weight is 172 g/mol. The highest BCUT2D eigenvalue weighted by molar-refractivity contribution is 5.24. The van der Waals surface area contributed by atoms with Gasteiger partial charge in [-0.1, -0.05) is 37.3 Å². The Hall–Kier alpha value is -1.57. The standard InChI is InChI=1S/C11H12N2/c1-9(11-12-7-8-13-11)10-5-3-2-4-6-10/h2-9H,1H3,(H,12,13)/t9-/m1/s1. The van der Waals surface area contributed by atoms with Gasteiger partial charge in [0.2, 0.25) is 0 Å². The number of hydrogen-bond donors (Lipinski definition) is 1. The molecule has 0 radical (unpaired) electrons. The number of aromatic nitrogens is 2. The van der Waals surface area contributed by atoms with E-state index in [4.69, 9.17) is 0 Å². The summed E-state index contributed by atoms with van der Waals surface area (Å²) in [6.07, 6.45) is 3.64. The van der Waals surface area contributed by atoms with Crippen molar-refractivity contribution in [3.05, 3.63) is 54.1 Å². The van der Waals surface area contributed by atoms with Crippen molar-refractivity contribution in [1.29, 1.82) is 0 Å². The van der Waals surface area contributed by atoms with Gasteiger partial charge in [0.25, 0.3) is 0 Å². The van der Waals surface area contributed by atoms with Gasteiger partial charge in [0.15, 0.2) is 0 Å². The van der Waals surface area contributed by atoms with Crippen molar-refractivity contribution in [2.75, 3.05) is 0 Å². The topological polar surface area (TPSA) is 28.7 Å². The van der Waals surface area contributed by atoms with Crippen LogP contribution in [-0.2, 0) is 0 Å². The fourth-order valence-corrected chi connectivity index (χ4v) is 1.41. The molecule has 0 aliphatic heterocycles. The van der Waals surface area contributed by atoms with Crippen molar-refractivity contribution in [2.45, 2.75) is 12.8 Å². The molecule has 2 heteroatoms. The average Bonchev–Trinajstić information content (AvgIpc) is 2.71. The van der Waals surface area contributed by atoms with Gasteiger partial charge in [0, 0.05) is 18.3 Å². The summed E-state index contributed by atoms with van der Waals surface area (Å²) in [6.45, 7) is 2.15. The smallest absolute Gasteiger partial charge is 0.113 e. The summed E-state index contributed by atoms with van der Waals surface area (Å²) in [5, 5.41) is 0. The van der Waals surface area contributed by atoms with E-state index in [-0.39, 0.29) is 0 Å². The zero-order valence-electron chi connectivity index (χ0n) is 7.57. The van der Waals surface area contributed by atoms with Crippen LogP contribution in [-0.4, -0.2) is 9.97 Å². The number of nitrogens with one attached hydrogen (secondary N) is 1. The number of imidazole rings is 1.